The van der Waals surface area contributed by atoms with Gasteiger partial charge in [0.05, 0.1) is 17.2 Å². The Hall–Kier alpha value is -2.89. The summed E-state index contributed by atoms with van der Waals surface area (Å²) < 4.78 is 5.37. The van der Waals surface area contributed by atoms with Crippen molar-refractivity contribution in [3.8, 4) is 5.75 Å². The number of hydrogen-bond donors (Lipinski definition) is 0. The number of carbonyl (C=O) groups excluding carboxylic acids is 1. The standard InChI is InChI=1S/C15H12N2O4/c18-15-10-21-14-7-2-1-6-13(14)16(15)9-11-4-3-5-12(8-11)17(19)20/h1-8H,9-10H2. The van der Waals surface area contributed by atoms with Crippen LogP contribution in [0.1, 0.15) is 5.56 Å². The van der Waals surface area contributed by atoms with Gasteiger partial charge in [-0.1, -0.05) is 24.3 Å². The predicted octanol–water partition coefficient (Wildman–Crippen LogP) is 2.52. The van der Waals surface area contributed by atoms with E-state index in [1.54, 1.807) is 29.2 Å². The molecule has 1 heterocycles. The van der Waals surface area contributed by atoms with Crippen molar-refractivity contribution in [2.75, 3.05) is 11.5 Å². The van der Waals surface area contributed by atoms with E-state index < -0.39 is 4.92 Å². The fourth-order valence-electron chi connectivity index (χ4n) is 2.28. The Morgan fingerprint density at radius 1 is 1.19 bits per heavy atom. The highest BCUT2D eigenvalue weighted by atomic mass is 16.6. The van der Waals surface area contributed by atoms with Gasteiger partial charge in [0.1, 0.15) is 5.75 Å². The molecule has 0 saturated carbocycles. The van der Waals surface area contributed by atoms with E-state index >= 15 is 0 Å². The van der Waals surface area contributed by atoms with Gasteiger partial charge in [-0.25, -0.2) is 0 Å². The summed E-state index contributed by atoms with van der Waals surface area (Å²) in [6.45, 7) is 0.257. The minimum atomic E-state index is -0.446. The maximum Gasteiger partial charge on any atom is 0.269 e. The lowest BCUT2D eigenvalue weighted by atomic mass is 10.1. The molecule has 0 aromatic heterocycles. The van der Waals surface area contributed by atoms with E-state index in [9.17, 15) is 14.9 Å². The largest absolute Gasteiger partial charge is 0.482 e. The molecule has 1 amide bonds. The van der Waals surface area contributed by atoms with E-state index in [0.717, 1.165) is 0 Å². The van der Waals surface area contributed by atoms with Gasteiger partial charge in [-0.3, -0.25) is 14.9 Å². The Morgan fingerprint density at radius 3 is 2.81 bits per heavy atom. The number of para-hydroxylation sites is 2. The number of nitro benzene ring substituents is 1. The number of non-ortho nitro benzene ring substituents is 1. The van der Waals surface area contributed by atoms with Gasteiger partial charge in [-0.2, -0.15) is 0 Å². The Labute approximate surface area is 120 Å². The summed E-state index contributed by atoms with van der Waals surface area (Å²) >= 11 is 0. The van der Waals surface area contributed by atoms with Crippen LogP contribution in [0.5, 0.6) is 5.75 Å². The summed E-state index contributed by atoms with van der Waals surface area (Å²) in [6.07, 6.45) is 0. The molecule has 21 heavy (non-hydrogen) atoms. The first-order valence-electron chi connectivity index (χ1n) is 6.40. The molecule has 0 fully saturated rings. The van der Waals surface area contributed by atoms with Crippen molar-refractivity contribution in [1.29, 1.82) is 0 Å². The third-order valence-corrected chi connectivity index (χ3v) is 3.27. The molecule has 0 aliphatic carbocycles. The molecule has 1 aliphatic rings. The topological polar surface area (TPSA) is 72.7 Å². The first-order valence-corrected chi connectivity index (χ1v) is 6.40. The highest BCUT2D eigenvalue weighted by Gasteiger charge is 2.25. The number of nitrogens with zero attached hydrogens (tertiary/aromatic N) is 2. The fourth-order valence-corrected chi connectivity index (χ4v) is 2.28. The molecule has 0 N–H and O–H groups in total. The molecule has 6 nitrogen and oxygen atoms in total. The van der Waals surface area contributed by atoms with Crippen LogP contribution in [-0.4, -0.2) is 17.4 Å². The van der Waals surface area contributed by atoms with Gasteiger partial charge in [0.2, 0.25) is 0 Å². The van der Waals surface area contributed by atoms with E-state index in [4.69, 9.17) is 4.74 Å². The summed E-state index contributed by atoms with van der Waals surface area (Å²) in [5.41, 5.74) is 1.40. The second-order valence-electron chi connectivity index (χ2n) is 4.66. The number of nitro groups is 1. The van der Waals surface area contributed by atoms with E-state index in [0.29, 0.717) is 17.0 Å². The molecule has 1 aliphatic heterocycles. The maximum absolute atomic E-state index is 12.0. The zero-order chi connectivity index (χ0) is 14.8. The van der Waals surface area contributed by atoms with Gasteiger partial charge < -0.3 is 9.64 Å². The van der Waals surface area contributed by atoms with E-state index in [1.165, 1.54) is 12.1 Å². The summed E-state index contributed by atoms with van der Waals surface area (Å²) in [5, 5.41) is 10.8. The quantitative estimate of drug-likeness (QED) is 0.641. The molecule has 2 aromatic carbocycles. The molecule has 0 spiro atoms. The molecular weight excluding hydrogens is 272 g/mol. The van der Waals surface area contributed by atoms with Gasteiger partial charge in [-0.15, -0.1) is 0 Å². The number of carbonyl (C=O) groups is 1. The van der Waals surface area contributed by atoms with Crippen LogP contribution in [0.3, 0.4) is 0 Å². The summed E-state index contributed by atoms with van der Waals surface area (Å²) in [7, 11) is 0. The number of anilines is 1. The second-order valence-corrected chi connectivity index (χ2v) is 4.66. The molecule has 2 aromatic rings. The van der Waals surface area contributed by atoms with Gasteiger partial charge in [0, 0.05) is 12.1 Å². The molecule has 3 rings (SSSR count). The summed E-state index contributed by atoms with van der Waals surface area (Å²) in [6, 6.07) is 13.5. The van der Waals surface area contributed by atoms with E-state index in [1.807, 2.05) is 12.1 Å². The van der Waals surface area contributed by atoms with E-state index in [-0.39, 0.29) is 24.7 Å². The highest BCUT2D eigenvalue weighted by Crippen LogP contribution is 2.32. The van der Waals surface area contributed by atoms with Crippen molar-refractivity contribution in [2.24, 2.45) is 0 Å². The molecule has 0 atom stereocenters. The van der Waals surface area contributed by atoms with Crippen LogP contribution >= 0.6 is 0 Å². The Morgan fingerprint density at radius 2 is 2.00 bits per heavy atom. The lowest BCUT2D eigenvalue weighted by molar-refractivity contribution is -0.384. The van der Waals surface area contributed by atoms with Crippen LogP contribution in [0.25, 0.3) is 0 Å². The van der Waals surface area contributed by atoms with Crippen LogP contribution in [0.4, 0.5) is 11.4 Å². The molecule has 106 valence electrons. The Kier molecular flexibility index (Phi) is 3.27. The van der Waals surface area contributed by atoms with Gasteiger partial charge in [0.15, 0.2) is 6.61 Å². The average molecular weight is 284 g/mol. The Balaban J connectivity index is 1.92. The first kappa shape index (κ1) is 13.1. The van der Waals surface area contributed by atoms with E-state index in [2.05, 4.69) is 0 Å². The normalized spacial score (nSPS) is 13.5. The third kappa shape index (κ3) is 2.55. The van der Waals surface area contributed by atoms with Crippen molar-refractivity contribution in [1.82, 2.24) is 0 Å². The van der Waals surface area contributed by atoms with Crippen molar-refractivity contribution in [3.63, 3.8) is 0 Å². The summed E-state index contributed by atoms with van der Waals surface area (Å²) in [4.78, 5) is 24.0. The minimum Gasteiger partial charge on any atom is -0.482 e. The Bertz CT molecular complexity index is 714. The first-order chi connectivity index (χ1) is 10.1. The predicted molar refractivity (Wildman–Crippen MR) is 76.2 cm³/mol. The fraction of sp³-hybridized carbons (Fsp3) is 0.133. The van der Waals surface area contributed by atoms with Gasteiger partial charge in [-0.05, 0) is 17.7 Å². The maximum atomic E-state index is 12.0. The molecular formula is C15H12N2O4. The van der Waals surface area contributed by atoms with Crippen LogP contribution < -0.4 is 9.64 Å². The van der Waals surface area contributed by atoms with Crippen LogP contribution in [0, 0.1) is 10.1 Å². The van der Waals surface area contributed by atoms with Crippen molar-refractivity contribution in [2.45, 2.75) is 6.54 Å². The lowest BCUT2D eigenvalue weighted by Gasteiger charge is -2.29. The smallest absolute Gasteiger partial charge is 0.269 e. The third-order valence-electron chi connectivity index (χ3n) is 3.27. The van der Waals surface area contributed by atoms with Crippen molar-refractivity contribution >= 4 is 17.3 Å². The zero-order valence-corrected chi connectivity index (χ0v) is 11.1. The van der Waals surface area contributed by atoms with Crippen LogP contribution in [-0.2, 0) is 11.3 Å². The average Bonchev–Trinajstić information content (AvgIpc) is 2.50. The second kappa shape index (κ2) is 5.24. The monoisotopic (exact) mass is 284 g/mol. The number of amides is 1. The van der Waals surface area contributed by atoms with Crippen molar-refractivity contribution < 1.29 is 14.5 Å². The number of hydrogen-bond acceptors (Lipinski definition) is 4. The van der Waals surface area contributed by atoms with Gasteiger partial charge in [0.25, 0.3) is 11.6 Å². The molecule has 0 bridgehead atoms. The van der Waals surface area contributed by atoms with Crippen molar-refractivity contribution in [3.05, 3.63) is 64.2 Å². The zero-order valence-electron chi connectivity index (χ0n) is 11.1. The number of benzene rings is 2. The number of fused-ring (bicyclic) bond motifs is 1. The molecule has 6 heteroatoms. The van der Waals surface area contributed by atoms with Gasteiger partial charge >= 0.3 is 0 Å². The molecule has 0 saturated heterocycles. The lowest BCUT2D eigenvalue weighted by Crippen LogP contribution is -2.38. The van der Waals surface area contributed by atoms with Crippen LogP contribution in [0.2, 0.25) is 0 Å². The number of rotatable bonds is 3. The molecule has 0 radical (unpaired) electrons. The SMILES string of the molecule is O=C1COc2ccccc2N1Cc1cccc([N+](=O)[O-])c1. The van der Waals surface area contributed by atoms with Crippen LogP contribution in [0.15, 0.2) is 48.5 Å². The summed E-state index contributed by atoms with van der Waals surface area (Å²) in [5.74, 6) is 0.475. The molecule has 0 unspecified atom stereocenters. The highest BCUT2D eigenvalue weighted by molar-refractivity contribution is 5.97. The minimum absolute atomic E-state index is 0.0153. The number of ether oxygens (including phenoxy) is 1.